The predicted octanol–water partition coefficient (Wildman–Crippen LogP) is 3.59. The molecular weight excluding hydrogens is 287 g/mol. The summed E-state index contributed by atoms with van der Waals surface area (Å²) in [5.74, 6) is 0.862. The summed E-state index contributed by atoms with van der Waals surface area (Å²) in [6, 6.07) is 0. The van der Waals surface area contributed by atoms with Gasteiger partial charge >= 0.3 is 6.18 Å². The maximum absolute atomic E-state index is 12.6. The van der Waals surface area contributed by atoms with E-state index in [0.29, 0.717) is 11.6 Å². The van der Waals surface area contributed by atoms with Gasteiger partial charge in [0.2, 0.25) is 0 Å². The van der Waals surface area contributed by atoms with E-state index in [1.54, 1.807) is 0 Å². The molecule has 0 saturated heterocycles. The highest BCUT2D eigenvalue weighted by Crippen LogP contribution is 2.31. The zero-order chi connectivity index (χ0) is 14.3. The first-order valence-electron chi connectivity index (χ1n) is 6.51. The lowest BCUT2D eigenvalue weighted by molar-refractivity contribution is -0.140. The molecule has 0 bridgehead atoms. The van der Waals surface area contributed by atoms with Crippen LogP contribution in [0.4, 0.5) is 13.2 Å². The van der Waals surface area contributed by atoms with Crippen LogP contribution in [0.3, 0.4) is 0 Å². The molecule has 2 aromatic heterocycles. The molecule has 0 fully saturated rings. The van der Waals surface area contributed by atoms with Crippen molar-refractivity contribution in [1.82, 2.24) is 14.5 Å². The summed E-state index contributed by atoms with van der Waals surface area (Å²) in [4.78, 5) is 8.21. The van der Waals surface area contributed by atoms with E-state index in [4.69, 9.17) is 0 Å². The van der Waals surface area contributed by atoms with Crippen molar-refractivity contribution < 1.29 is 13.2 Å². The summed E-state index contributed by atoms with van der Waals surface area (Å²) in [5.41, 5.74) is 1.46. The molecule has 0 spiro atoms. The van der Waals surface area contributed by atoms with Crippen LogP contribution >= 0.6 is 11.3 Å². The molecule has 7 heteroatoms. The number of thiazole rings is 1. The smallest absolute Gasteiger partial charge is 0.325 e. The van der Waals surface area contributed by atoms with E-state index in [-0.39, 0.29) is 0 Å². The Bertz CT molecular complexity index is 627. The molecule has 0 N–H and O–H groups in total. The Kier molecular flexibility index (Phi) is 3.32. The number of alkyl halides is 3. The van der Waals surface area contributed by atoms with Gasteiger partial charge < -0.3 is 4.57 Å². The summed E-state index contributed by atoms with van der Waals surface area (Å²) in [5, 5.41) is 1.56. The number of nitrogens with zero attached hydrogens (tertiary/aromatic N) is 3. The molecule has 0 aromatic carbocycles. The summed E-state index contributed by atoms with van der Waals surface area (Å²) in [6.45, 7) is 2.28. The fourth-order valence-corrected chi connectivity index (χ4v) is 3.38. The van der Waals surface area contributed by atoms with Gasteiger partial charge in [-0.25, -0.2) is 9.97 Å². The van der Waals surface area contributed by atoms with Gasteiger partial charge in [0, 0.05) is 11.1 Å². The predicted molar refractivity (Wildman–Crippen MR) is 69.8 cm³/mol. The fourth-order valence-electron chi connectivity index (χ4n) is 2.59. The zero-order valence-corrected chi connectivity index (χ0v) is 11.8. The van der Waals surface area contributed by atoms with Crippen molar-refractivity contribution in [3.05, 3.63) is 33.3 Å². The van der Waals surface area contributed by atoms with Crippen LogP contribution in [-0.2, 0) is 25.6 Å². The second-order valence-corrected chi connectivity index (χ2v) is 5.91. The summed E-state index contributed by atoms with van der Waals surface area (Å²) in [6.07, 6.45) is -0.191. The second-order valence-electron chi connectivity index (χ2n) is 4.97. The number of hydrogen-bond acceptors (Lipinski definition) is 3. The fraction of sp³-hybridized carbons (Fsp3) is 0.538. The molecule has 0 radical (unpaired) electrons. The Labute approximate surface area is 118 Å². The third-order valence-electron chi connectivity index (χ3n) is 3.56. The molecule has 3 rings (SSSR count). The number of aromatic nitrogens is 3. The number of halogens is 3. The first kappa shape index (κ1) is 13.6. The van der Waals surface area contributed by atoms with Crippen molar-refractivity contribution in [3.8, 4) is 0 Å². The van der Waals surface area contributed by atoms with Crippen molar-refractivity contribution in [2.75, 3.05) is 0 Å². The molecule has 1 aliphatic rings. The number of hydrogen-bond donors (Lipinski definition) is 0. The maximum Gasteiger partial charge on any atom is 0.434 e. The standard InChI is InChI=1S/C13H14F3N3S/c1-8-17-9-4-2-3-5-10(9)19(8)6-12-18-11(7-20-12)13(14,15)16/h7H,2-6H2,1H3. The highest BCUT2D eigenvalue weighted by atomic mass is 32.1. The Hall–Kier alpha value is -1.37. The van der Waals surface area contributed by atoms with Crippen molar-refractivity contribution in [3.63, 3.8) is 0 Å². The van der Waals surface area contributed by atoms with Gasteiger partial charge in [-0.15, -0.1) is 11.3 Å². The largest absolute Gasteiger partial charge is 0.434 e. The molecule has 0 unspecified atom stereocenters. The average molecular weight is 301 g/mol. The summed E-state index contributed by atoms with van der Waals surface area (Å²) >= 11 is 1.05. The monoisotopic (exact) mass is 301 g/mol. The molecule has 3 nitrogen and oxygen atoms in total. The van der Waals surface area contributed by atoms with Crippen LogP contribution in [0.5, 0.6) is 0 Å². The van der Waals surface area contributed by atoms with Crippen molar-refractivity contribution >= 4 is 11.3 Å². The Morgan fingerprint density at radius 2 is 2.00 bits per heavy atom. The third-order valence-corrected chi connectivity index (χ3v) is 4.39. The van der Waals surface area contributed by atoms with Crippen LogP contribution in [0.2, 0.25) is 0 Å². The highest BCUT2D eigenvalue weighted by Gasteiger charge is 2.33. The number of aryl methyl sites for hydroxylation is 2. The van der Waals surface area contributed by atoms with E-state index < -0.39 is 11.9 Å². The number of fused-ring (bicyclic) bond motifs is 1. The van der Waals surface area contributed by atoms with Gasteiger partial charge in [0.25, 0.3) is 0 Å². The lowest BCUT2D eigenvalue weighted by Gasteiger charge is -2.13. The van der Waals surface area contributed by atoms with Crippen molar-refractivity contribution in [2.24, 2.45) is 0 Å². The molecule has 2 aromatic rings. The molecule has 1 aliphatic carbocycles. The lowest BCUT2D eigenvalue weighted by atomic mass is 10.0. The molecule has 0 aliphatic heterocycles. The first-order valence-corrected chi connectivity index (χ1v) is 7.39. The lowest BCUT2D eigenvalue weighted by Crippen LogP contribution is -2.11. The van der Waals surface area contributed by atoms with E-state index in [1.807, 2.05) is 11.5 Å². The SMILES string of the molecule is Cc1nc2c(n1Cc1nc(C(F)(F)F)cs1)CCCC2. The second kappa shape index (κ2) is 4.87. The minimum absolute atomic E-state index is 0.384. The molecule has 0 atom stereocenters. The van der Waals surface area contributed by atoms with Gasteiger partial charge in [-0.3, -0.25) is 0 Å². The van der Waals surface area contributed by atoms with Crippen LogP contribution in [0.1, 0.15) is 40.8 Å². The molecule has 20 heavy (non-hydrogen) atoms. The normalized spacial score (nSPS) is 15.4. The van der Waals surface area contributed by atoms with Gasteiger partial charge in [-0.05, 0) is 32.6 Å². The third kappa shape index (κ3) is 2.46. The van der Waals surface area contributed by atoms with Gasteiger partial charge in [-0.2, -0.15) is 13.2 Å². The Morgan fingerprint density at radius 1 is 1.25 bits per heavy atom. The minimum Gasteiger partial charge on any atom is -0.325 e. The van der Waals surface area contributed by atoms with Gasteiger partial charge in [0.05, 0.1) is 12.2 Å². The van der Waals surface area contributed by atoms with Gasteiger partial charge in [-0.1, -0.05) is 0 Å². The highest BCUT2D eigenvalue weighted by molar-refractivity contribution is 7.09. The zero-order valence-electron chi connectivity index (χ0n) is 11.0. The number of imidazole rings is 1. The van der Waals surface area contributed by atoms with Crippen LogP contribution in [0.15, 0.2) is 5.38 Å². The van der Waals surface area contributed by atoms with E-state index in [0.717, 1.165) is 59.6 Å². The van der Waals surface area contributed by atoms with Gasteiger partial charge in [0.1, 0.15) is 10.8 Å². The van der Waals surface area contributed by atoms with Crippen molar-refractivity contribution in [2.45, 2.75) is 45.3 Å². The topological polar surface area (TPSA) is 30.7 Å². The molecule has 108 valence electrons. The quantitative estimate of drug-likeness (QED) is 0.848. The maximum atomic E-state index is 12.6. The Morgan fingerprint density at radius 3 is 2.70 bits per heavy atom. The molecule has 0 amide bonds. The average Bonchev–Trinajstić information content (AvgIpc) is 2.95. The molecule has 2 heterocycles. The number of rotatable bonds is 2. The molecule has 0 saturated carbocycles. The van der Waals surface area contributed by atoms with E-state index >= 15 is 0 Å². The Balaban J connectivity index is 1.88. The first-order chi connectivity index (χ1) is 9.45. The summed E-state index contributed by atoms with van der Waals surface area (Å²) < 4.78 is 39.7. The van der Waals surface area contributed by atoms with E-state index in [9.17, 15) is 13.2 Å². The van der Waals surface area contributed by atoms with E-state index in [2.05, 4.69) is 9.97 Å². The van der Waals surface area contributed by atoms with Crippen LogP contribution in [0.25, 0.3) is 0 Å². The van der Waals surface area contributed by atoms with Crippen LogP contribution in [-0.4, -0.2) is 14.5 Å². The molecular formula is C13H14F3N3S. The summed E-state index contributed by atoms with van der Waals surface area (Å²) in [7, 11) is 0. The van der Waals surface area contributed by atoms with E-state index in [1.165, 1.54) is 0 Å². The van der Waals surface area contributed by atoms with Gasteiger partial charge in [0.15, 0.2) is 5.69 Å². The van der Waals surface area contributed by atoms with Crippen LogP contribution in [0, 0.1) is 6.92 Å². The van der Waals surface area contributed by atoms with Crippen molar-refractivity contribution in [1.29, 1.82) is 0 Å². The van der Waals surface area contributed by atoms with Crippen LogP contribution < -0.4 is 0 Å². The minimum atomic E-state index is -4.36.